The highest BCUT2D eigenvalue weighted by Crippen LogP contribution is 2.34. The van der Waals surface area contributed by atoms with Crippen LogP contribution >= 0.6 is 22.6 Å². The summed E-state index contributed by atoms with van der Waals surface area (Å²) in [5.74, 6) is 0. The molecule has 3 heteroatoms. The van der Waals surface area contributed by atoms with Crippen molar-refractivity contribution in [3.63, 3.8) is 0 Å². The molecule has 0 aliphatic heterocycles. The Balaban J connectivity index is 2.05. The summed E-state index contributed by atoms with van der Waals surface area (Å²) in [6.07, 6.45) is 6.93. The molecule has 1 fully saturated rings. The molecule has 0 spiro atoms. The molecule has 18 heavy (non-hydrogen) atoms. The first-order valence-electron chi connectivity index (χ1n) is 6.71. The predicted molar refractivity (Wildman–Crippen MR) is 83.7 cm³/mol. The third-order valence-corrected chi connectivity index (χ3v) is 4.87. The minimum Gasteiger partial charge on any atom is -0.377 e. The molecule has 1 aromatic rings. The highest BCUT2D eigenvalue weighted by molar-refractivity contribution is 14.1. The smallest absolute Gasteiger partial charge is 0.0832 e. The van der Waals surface area contributed by atoms with Crippen LogP contribution in [0.1, 0.15) is 37.7 Å². The highest BCUT2D eigenvalue weighted by atomic mass is 127. The van der Waals surface area contributed by atoms with E-state index in [2.05, 4.69) is 46.9 Å². The van der Waals surface area contributed by atoms with E-state index < -0.39 is 0 Å². The van der Waals surface area contributed by atoms with Gasteiger partial charge in [0.1, 0.15) is 0 Å². The number of ether oxygens (including phenoxy) is 1. The first-order chi connectivity index (χ1) is 8.66. The van der Waals surface area contributed by atoms with Crippen molar-refractivity contribution >= 4 is 22.6 Å². The zero-order valence-corrected chi connectivity index (χ0v) is 13.2. The van der Waals surface area contributed by atoms with E-state index in [-0.39, 0.29) is 11.6 Å². The van der Waals surface area contributed by atoms with E-state index in [1.165, 1.54) is 28.4 Å². The van der Waals surface area contributed by atoms with Crippen LogP contribution in [0.5, 0.6) is 0 Å². The van der Waals surface area contributed by atoms with Gasteiger partial charge in [-0.15, -0.1) is 0 Å². The van der Waals surface area contributed by atoms with Crippen LogP contribution in [0, 0.1) is 3.57 Å². The average molecular weight is 359 g/mol. The lowest BCUT2D eigenvalue weighted by Crippen LogP contribution is -2.51. The van der Waals surface area contributed by atoms with Gasteiger partial charge in [0, 0.05) is 16.7 Å². The molecule has 1 aromatic carbocycles. The van der Waals surface area contributed by atoms with Gasteiger partial charge < -0.3 is 10.5 Å². The van der Waals surface area contributed by atoms with Crippen LogP contribution in [0.2, 0.25) is 0 Å². The minimum absolute atomic E-state index is 0.0960. The molecule has 0 saturated heterocycles. The van der Waals surface area contributed by atoms with Gasteiger partial charge in [0.2, 0.25) is 0 Å². The average Bonchev–Trinajstić information content (AvgIpc) is 2.42. The predicted octanol–water partition coefficient (Wildman–Crippen LogP) is 3.51. The number of halogens is 1. The zero-order valence-electron chi connectivity index (χ0n) is 11.0. The second kappa shape index (κ2) is 6.35. The van der Waals surface area contributed by atoms with Crippen molar-refractivity contribution in [1.82, 2.24) is 0 Å². The van der Waals surface area contributed by atoms with Gasteiger partial charge in [-0.1, -0.05) is 31.4 Å². The number of methoxy groups -OCH3 is 1. The summed E-state index contributed by atoms with van der Waals surface area (Å²) in [4.78, 5) is 0. The van der Waals surface area contributed by atoms with Crippen LogP contribution < -0.4 is 5.73 Å². The monoisotopic (exact) mass is 359 g/mol. The van der Waals surface area contributed by atoms with E-state index in [9.17, 15) is 0 Å². The van der Waals surface area contributed by atoms with Crippen molar-refractivity contribution in [3.05, 3.63) is 33.4 Å². The van der Waals surface area contributed by atoms with Crippen molar-refractivity contribution in [1.29, 1.82) is 0 Å². The zero-order chi connectivity index (χ0) is 13.0. The topological polar surface area (TPSA) is 35.2 Å². The largest absolute Gasteiger partial charge is 0.377 e. The van der Waals surface area contributed by atoms with Gasteiger partial charge in [0.15, 0.2) is 0 Å². The maximum Gasteiger partial charge on any atom is 0.0832 e. The molecule has 1 unspecified atom stereocenters. The van der Waals surface area contributed by atoms with Crippen LogP contribution in [0.4, 0.5) is 0 Å². The summed E-state index contributed by atoms with van der Waals surface area (Å²) in [6, 6.07) is 8.73. The molecular weight excluding hydrogens is 337 g/mol. The maximum atomic E-state index is 6.44. The summed E-state index contributed by atoms with van der Waals surface area (Å²) in [6.45, 7) is 0. The maximum absolute atomic E-state index is 6.44. The Morgan fingerprint density at radius 1 is 1.22 bits per heavy atom. The standard InChI is InChI=1S/C15H22INO/c1-18-15(9-3-2-4-10-15)14(17)11-12-5-7-13(16)8-6-12/h5-8,14H,2-4,9-11,17H2,1H3. The molecule has 0 bridgehead atoms. The molecule has 1 aliphatic carbocycles. The second-order valence-corrected chi connectivity index (χ2v) is 6.51. The van der Waals surface area contributed by atoms with Gasteiger partial charge in [0.05, 0.1) is 5.60 Å². The van der Waals surface area contributed by atoms with E-state index in [4.69, 9.17) is 10.5 Å². The Bertz CT molecular complexity index is 371. The lowest BCUT2D eigenvalue weighted by molar-refractivity contribution is -0.0582. The molecule has 0 heterocycles. The Morgan fingerprint density at radius 2 is 1.83 bits per heavy atom. The quantitative estimate of drug-likeness (QED) is 0.835. The van der Waals surface area contributed by atoms with Gasteiger partial charge in [-0.2, -0.15) is 0 Å². The molecule has 0 radical (unpaired) electrons. The Morgan fingerprint density at radius 3 is 2.39 bits per heavy atom. The van der Waals surface area contributed by atoms with E-state index in [0.29, 0.717) is 0 Å². The van der Waals surface area contributed by atoms with Gasteiger partial charge in [-0.3, -0.25) is 0 Å². The molecule has 1 saturated carbocycles. The molecule has 1 atom stereocenters. The second-order valence-electron chi connectivity index (χ2n) is 5.27. The molecule has 2 N–H and O–H groups in total. The van der Waals surface area contributed by atoms with Crippen molar-refractivity contribution in [3.8, 4) is 0 Å². The fraction of sp³-hybridized carbons (Fsp3) is 0.600. The van der Waals surface area contributed by atoms with E-state index in [0.717, 1.165) is 19.3 Å². The molecule has 0 amide bonds. The fourth-order valence-electron chi connectivity index (χ4n) is 2.94. The fourth-order valence-corrected chi connectivity index (χ4v) is 3.30. The first-order valence-corrected chi connectivity index (χ1v) is 7.79. The number of rotatable bonds is 4. The van der Waals surface area contributed by atoms with E-state index in [1.54, 1.807) is 0 Å². The lowest BCUT2D eigenvalue weighted by Gasteiger charge is -2.41. The van der Waals surface area contributed by atoms with Crippen molar-refractivity contribution in [2.24, 2.45) is 5.73 Å². The van der Waals surface area contributed by atoms with E-state index >= 15 is 0 Å². The van der Waals surface area contributed by atoms with Crippen LogP contribution in [-0.4, -0.2) is 18.8 Å². The van der Waals surface area contributed by atoms with Gasteiger partial charge in [0.25, 0.3) is 0 Å². The van der Waals surface area contributed by atoms with Crippen LogP contribution in [-0.2, 0) is 11.2 Å². The van der Waals surface area contributed by atoms with Gasteiger partial charge in [-0.05, 0) is 59.5 Å². The molecule has 1 aliphatic rings. The molecule has 2 nitrogen and oxygen atoms in total. The summed E-state index contributed by atoms with van der Waals surface area (Å²) in [5, 5.41) is 0. The van der Waals surface area contributed by atoms with Crippen LogP contribution in [0.3, 0.4) is 0 Å². The molecule has 0 aromatic heterocycles. The minimum atomic E-state index is -0.0960. The van der Waals surface area contributed by atoms with Crippen molar-refractivity contribution < 1.29 is 4.74 Å². The van der Waals surface area contributed by atoms with Gasteiger partial charge >= 0.3 is 0 Å². The summed E-state index contributed by atoms with van der Waals surface area (Å²) in [7, 11) is 1.82. The number of hydrogen-bond acceptors (Lipinski definition) is 2. The normalized spacial score (nSPS) is 20.6. The van der Waals surface area contributed by atoms with E-state index in [1.807, 2.05) is 7.11 Å². The number of benzene rings is 1. The summed E-state index contributed by atoms with van der Waals surface area (Å²) < 4.78 is 7.08. The summed E-state index contributed by atoms with van der Waals surface area (Å²) >= 11 is 2.33. The number of nitrogens with two attached hydrogens (primary N) is 1. The summed E-state index contributed by atoms with van der Waals surface area (Å²) in [5.41, 5.74) is 7.65. The third-order valence-electron chi connectivity index (χ3n) is 4.15. The highest BCUT2D eigenvalue weighted by Gasteiger charge is 2.37. The third kappa shape index (κ3) is 3.25. The Hall–Kier alpha value is -0.130. The molecule has 100 valence electrons. The Kier molecular flexibility index (Phi) is 5.04. The lowest BCUT2D eigenvalue weighted by atomic mass is 9.77. The SMILES string of the molecule is COC1(C(N)Cc2ccc(I)cc2)CCCCC1. The van der Waals surface area contributed by atoms with Crippen molar-refractivity contribution in [2.75, 3.05) is 7.11 Å². The van der Waals surface area contributed by atoms with Gasteiger partial charge in [-0.25, -0.2) is 0 Å². The van der Waals surface area contributed by atoms with Crippen LogP contribution in [0.25, 0.3) is 0 Å². The van der Waals surface area contributed by atoms with Crippen molar-refractivity contribution in [2.45, 2.75) is 50.2 Å². The molecular formula is C15H22INO. The molecule has 2 rings (SSSR count). The first kappa shape index (κ1) is 14.3. The Labute approximate surface area is 123 Å². The number of hydrogen-bond donors (Lipinski definition) is 1. The van der Waals surface area contributed by atoms with Crippen LogP contribution in [0.15, 0.2) is 24.3 Å².